The molecule has 0 radical (unpaired) electrons. The Labute approximate surface area is 132 Å². The van der Waals surface area contributed by atoms with Crippen molar-refractivity contribution in [3.05, 3.63) is 66.0 Å². The van der Waals surface area contributed by atoms with E-state index in [1.54, 1.807) is 30.3 Å². The van der Waals surface area contributed by atoms with Gasteiger partial charge in [-0.05, 0) is 29.8 Å². The molecule has 6 heteroatoms. The Bertz CT molecular complexity index is 687. The van der Waals surface area contributed by atoms with E-state index in [9.17, 15) is 24.2 Å². The summed E-state index contributed by atoms with van der Waals surface area (Å²) in [4.78, 5) is 24.8. The fourth-order valence-corrected chi connectivity index (χ4v) is 2.49. The third kappa shape index (κ3) is 3.66. The van der Waals surface area contributed by atoms with Crippen molar-refractivity contribution < 1.29 is 24.2 Å². The Morgan fingerprint density at radius 1 is 0.957 bits per heavy atom. The first-order chi connectivity index (χ1) is 10.9. The summed E-state index contributed by atoms with van der Waals surface area (Å²) in [6.45, 7) is 0. The van der Waals surface area contributed by atoms with Crippen LogP contribution in [-0.4, -0.2) is 35.2 Å². The van der Waals surface area contributed by atoms with Crippen molar-refractivity contribution in [3.8, 4) is 0 Å². The maximum atomic E-state index is 13.1. The molecule has 0 aliphatic heterocycles. The van der Waals surface area contributed by atoms with E-state index in [2.05, 4.69) is 0 Å². The minimum Gasteiger partial charge on any atom is -0.481 e. The molecule has 23 heavy (non-hydrogen) atoms. The quantitative estimate of drug-likeness (QED) is 0.856. The van der Waals surface area contributed by atoms with E-state index in [1.165, 1.54) is 24.1 Å². The van der Waals surface area contributed by atoms with E-state index >= 15 is 0 Å². The van der Waals surface area contributed by atoms with Crippen molar-refractivity contribution in [2.75, 3.05) is 11.9 Å². The number of para-hydroxylation sites is 1. The second kappa shape index (κ2) is 6.91. The number of carboxylic acid groups (broad SMARTS) is 2. The molecular formula is C17H16FNO4. The monoisotopic (exact) mass is 317 g/mol. The van der Waals surface area contributed by atoms with Gasteiger partial charge in [0.25, 0.3) is 0 Å². The number of benzene rings is 2. The maximum Gasteiger partial charge on any atom is 0.327 e. The van der Waals surface area contributed by atoms with Gasteiger partial charge in [0.15, 0.2) is 0 Å². The number of carboxylic acids is 2. The first-order valence-electron chi connectivity index (χ1n) is 6.90. The van der Waals surface area contributed by atoms with Gasteiger partial charge in [-0.25, -0.2) is 9.18 Å². The molecule has 0 spiro atoms. The summed E-state index contributed by atoms with van der Waals surface area (Å²) in [5, 5.41) is 19.1. The SMILES string of the molecule is CN(c1ccccc1)C(C(=O)O)C(C(=O)O)c1ccc(F)cc1. The average molecular weight is 317 g/mol. The summed E-state index contributed by atoms with van der Waals surface area (Å²) in [7, 11) is 1.52. The number of anilines is 1. The third-order valence-electron chi connectivity index (χ3n) is 3.64. The van der Waals surface area contributed by atoms with E-state index in [0.717, 1.165) is 12.1 Å². The summed E-state index contributed by atoms with van der Waals surface area (Å²) in [6, 6.07) is 12.1. The van der Waals surface area contributed by atoms with Crippen LogP contribution in [0.3, 0.4) is 0 Å². The van der Waals surface area contributed by atoms with Gasteiger partial charge in [0.2, 0.25) is 0 Å². The lowest BCUT2D eigenvalue weighted by Gasteiger charge is -2.31. The Morgan fingerprint density at radius 3 is 2.00 bits per heavy atom. The lowest BCUT2D eigenvalue weighted by atomic mass is 9.90. The molecule has 0 saturated carbocycles. The number of aliphatic carboxylic acids is 2. The lowest BCUT2D eigenvalue weighted by Crippen LogP contribution is -2.46. The van der Waals surface area contributed by atoms with Crippen LogP contribution in [-0.2, 0) is 9.59 Å². The molecule has 2 atom stereocenters. The van der Waals surface area contributed by atoms with Crippen LogP contribution in [0.4, 0.5) is 10.1 Å². The molecule has 0 heterocycles. The minimum atomic E-state index is -1.33. The summed E-state index contributed by atoms with van der Waals surface area (Å²) >= 11 is 0. The van der Waals surface area contributed by atoms with Crippen molar-refractivity contribution in [1.82, 2.24) is 0 Å². The van der Waals surface area contributed by atoms with Crippen LogP contribution in [0.15, 0.2) is 54.6 Å². The van der Waals surface area contributed by atoms with Crippen molar-refractivity contribution in [2.24, 2.45) is 0 Å². The van der Waals surface area contributed by atoms with Crippen LogP contribution >= 0.6 is 0 Å². The predicted octanol–water partition coefficient (Wildman–Crippen LogP) is 2.58. The van der Waals surface area contributed by atoms with Gasteiger partial charge in [0.1, 0.15) is 17.8 Å². The highest BCUT2D eigenvalue weighted by Gasteiger charge is 2.38. The van der Waals surface area contributed by atoms with Crippen LogP contribution in [0.2, 0.25) is 0 Å². The largest absolute Gasteiger partial charge is 0.481 e. The van der Waals surface area contributed by atoms with Crippen LogP contribution in [0, 0.1) is 5.82 Å². The van der Waals surface area contributed by atoms with Gasteiger partial charge in [-0.15, -0.1) is 0 Å². The number of hydrogen-bond acceptors (Lipinski definition) is 3. The number of nitrogens with zero attached hydrogens (tertiary/aromatic N) is 1. The topological polar surface area (TPSA) is 77.8 Å². The first kappa shape index (κ1) is 16.5. The normalized spacial score (nSPS) is 13.1. The zero-order valence-corrected chi connectivity index (χ0v) is 12.4. The zero-order valence-electron chi connectivity index (χ0n) is 12.4. The van der Waals surface area contributed by atoms with Gasteiger partial charge in [0, 0.05) is 12.7 Å². The van der Waals surface area contributed by atoms with E-state index in [0.29, 0.717) is 5.69 Å². The predicted molar refractivity (Wildman–Crippen MR) is 83.0 cm³/mol. The first-order valence-corrected chi connectivity index (χ1v) is 6.90. The van der Waals surface area contributed by atoms with Gasteiger partial charge in [-0.1, -0.05) is 30.3 Å². The number of hydrogen-bond donors (Lipinski definition) is 2. The van der Waals surface area contributed by atoms with E-state index in [-0.39, 0.29) is 5.56 Å². The third-order valence-corrected chi connectivity index (χ3v) is 3.64. The lowest BCUT2D eigenvalue weighted by molar-refractivity contribution is -0.146. The molecule has 2 rings (SSSR count). The van der Waals surface area contributed by atoms with Gasteiger partial charge >= 0.3 is 11.9 Å². The fourth-order valence-electron chi connectivity index (χ4n) is 2.49. The molecule has 0 amide bonds. The Morgan fingerprint density at radius 2 is 1.52 bits per heavy atom. The highest BCUT2D eigenvalue weighted by molar-refractivity contribution is 5.89. The minimum absolute atomic E-state index is 0.231. The van der Waals surface area contributed by atoms with E-state index < -0.39 is 29.7 Å². The van der Waals surface area contributed by atoms with Crippen LogP contribution in [0.25, 0.3) is 0 Å². The second-order valence-electron chi connectivity index (χ2n) is 5.10. The van der Waals surface area contributed by atoms with Gasteiger partial charge in [-0.2, -0.15) is 0 Å². The number of likely N-dealkylation sites (N-methyl/N-ethyl adjacent to an activating group) is 1. The molecule has 120 valence electrons. The summed E-state index contributed by atoms with van der Waals surface area (Å²) in [5.74, 6) is -4.40. The highest BCUT2D eigenvalue weighted by Crippen LogP contribution is 2.27. The van der Waals surface area contributed by atoms with Crippen LogP contribution in [0.5, 0.6) is 0 Å². The fraction of sp³-hybridized carbons (Fsp3) is 0.176. The molecular weight excluding hydrogens is 301 g/mol. The van der Waals surface area contributed by atoms with Crippen LogP contribution < -0.4 is 4.90 Å². The number of rotatable bonds is 6. The van der Waals surface area contributed by atoms with Crippen molar-refractivity contribution >= 4 is 17.6 Å². The summed E-state index contributed by atoms with van der Waals surface area (Å²) in [5.41, 5.74) is 0.808. The summed E-state index contributed by atoms with van der Waals surface area (Å²) < 4.78 is 13.1. The molecule has 2 unspecified atom stereocenters. The Balaban J connectivity index is 2.45. The molecule has 2 aromatic rings. The number of halogens is 1. The van der Waals surface area contributed by atoms with Crippen LogP contribution in [0.1, 0.15) is 11.5 Å². The molecule has 0 fully saturated rings. The Kier molecular flexibility index (Phi) is 4.95. The molecule has 0 aromatic heterocycles. The molecule has 0 bridgehead atoms. The van der Waals surface area contributed by atoms with Crippen molar-refractivity contribution in [1.29, 1.82) is 0 Å². The van der Waals surface area contributed by atoms with Crippen molar-refractivity contribution in [2.45, 2.75) is 12.0 Å². The maximum absolute atomic E-state index is 13.1. The number of carbonyl (C=O) groups is 2. The van der Waals surface area contributed by atoms with Crippen molar-refractivity contribution in [3.63, 3.8) is 0 Å². The van der Waals surface area contributed by atoms with Gasteiger partial charge < -0.3 is 15.1 Å². The summed E-state index contributed by atoms with van der Waals surface area (Å²) in [6.07, 6.45) is 0. The molecule has 2 aromatic carbocycles. The molecule has 5 nitrogen and oxygen atoms in total. The van der Waals surface area contributed by atoms with Gasteiger partial charge in [0.05, 0.1) is 0 Å². The molecule has 0 aliphatic carbocycles. The highest BCUT2D eigenvalue weighted by atomic mass is 19.1. The second-order valence-corrected chi connectivity index (χ2v) is 5.10. The average Bonchev–Trinajstić information content (AvgIpc) is 2.53. The molecule has 2 N–H and O–H groups in total. The molecule has 0 aliphatic rings. The van der Waals surface area contributed by atoms with E-state index in [1.807, 2.05) is 0 Å². The smallest absolute Gasteiger partial charge is 0.327 e. The van der Waals surface area contributed by atoms with E-state index in [4.69, 9.17) is 0 Å². The Hall–Kier alpha value is -2.89. The standard InChI is InChI=1S/C17H16FNO4/c1-19(13-5-3-2-4-6-13)15(17(22)23)14(16(20)21)11-7-9-12(18)10-8-11/h2-10,14-15H,1H3,(H,20,21)(H,22,23). The van der Waals surface area contributed by atoms with Gasteiger partial charge in [-0.3, -0.25) is 4.79 Å². The molecule has 0 saturated heterocycles. The zero-order chi connectivity index (χ0) is 17.0.